The summed E-state index contributed by atoms with van der Waals surface area (Å²) in [6.45, 7) is 0. The van der Waals surface area contributed by atoms with Crippen LogP contribution in [0.2, 0.25) is 10.0 Å². The highest BCUT2D eigenvalue weighted by Crippen LogP contribution is 2.37. The van der Waals surface area contributed by atoms with Crippen LogP contribution in [-0.2, 0) is 4.79 Å². The van der Waals surface area contributed by atoms with Crippen molar-refractivity contribution in [2.24, 2.45) is 0 Å². The van der Waals surface area contributed by atoms with Gasteiger partial charge in [-0.3, -0.25) is 9.69 Å². The van der Waals surface area contributed by atoms with Crippen molar-refractivity contribution in [1.29, 1.82) is 0 Å². The van der Waals surface area contributed by atoms with Gasteiger partial charge in [-0.05, 0) is 72.3 Å². The van der Waals surface area contributed by atoms with Gasteiger partial charge in [-0.2, -0.15) is 0 Å². The number of aromatic hydroxyl groups is 1. The Balaban J connectivity index is 1.55. The molecule has 0 atom stereocenters. The molecule has 0 spiro atoms. The molecule has 1 aliphatic rings. The highest BCUT2D eigenvalue weighted by atomic mass is 35.5. The summed E-state index contributed by atoms with van der Waals surface area (Å²) in [5.74, 6) is 1.01. The number of phenolic OH excluding ortho intramolecular Hbond substituents is 1. The minimum Gasteiger partial charge on any atom is -0.508 e. The number of nitrogens with zero attached hydrogens (tertiary/aromatic N) is 1. The Kier molecular flexibility index (Phi) is 5.55. The van der Waals surface area contributed by atoms with Gasteiger partial charge in [0.2, 0.25) is 0 Å². The molecule has 4 nitrogen and oxygen atoms in total. The molecular weight excluding hydrogens is 457 g/mol. The highest BCUT2D eigenvalue weighted by molar-refractivity contribution is 6.35. The Labute approximate surface area is 200 Å². The Bertz CT molecular complexity index is 1400. The molecular formula is C27H17Cl2NO3. The summed E-state index contributed by atoms with van der Waals surface area (Å²) in [6.07, 6.45) is 3.53. The van der Waals surface area contributed by atoms with Gasteiger partial charge in [0.1, 0.15) is 17.3 Å². The van der Waals surface area contributed by atoms with Crippen LogP contribution >= 0.6 is 23.2 Å². The predicted molar refractivity (Wildman–Crippen MR) is 132 cm³/mol. The fourth-order valence-corrected chi connectivity index (χ4v) is 4.09. The zero-order valence-corrected chi connectivity index (χ0v) is 18.7. The maximum absolute atomic E-state index is 13.4. The van der Waals surface area contributed by atoms with Crippen LogP contribution in [0, 0.1) is 0 Å². The Morgan fingerprint density at radius 2 is 1.64 bits per heavy atom. The van der Waals surface area contributed by atoms with Crippen molar-refractivity contribution in [2.45, 2.75) is 0 Å². The number of amides is 1. The quantitative estimate of drug-likeness (QED) is 0.313. The van der Waals surface area contributed by atoms with E-state index in [1.165, 1.54) is 0 Å². The fraction of sp³-hybridized carbons (Fsp3) is 0. The average Bonchev–Trinajstić information content (AvgIpc) is 3.42. The van der Waals surface area contributed by atoms with Crippen LogP contribution < -0.4 is 4.90 Å². The predicted octanol–water partition coefficient (Wildman–Crippen LogP) is 7.43. The molecule has 0 unspecified atom stereocenters. The minimum atomic E-state index is -0.196. The summed E-state index contributed by atoms with van der Waals surface area (Å²) in [6, 6.07) is 24.9. The van der Waals surface area contributed by atoms with E-state index in [1.54, 1.807) is 65.6 Å². The van der Waals surface area contributed by atoms with Gasteiger partial charge in [-0.25, -0.2) is 0 Å². The molecule has 0 saturated carbocycles. The van der Waals surface area contributed by atoms with E-state index in [4.69, 9.17) is 27.6 Å². The molecule has 1 aromatic heterocycles. The number of rotatable bonds is 4. The van der Waals surface area contributed by atoms with Gasteiger partial charge in [0.05, 0.1) is 10.7 Å². The van der Waals surface area contributed by atoms with Crippen LogP contribution in [0.4, 0.5) is 5.69 Å². The summed E-state index contributed by atoms with van der Waals surface area (Å²) >= 11 is 12.4. The van der Waals surface area contributed by atoms with E-state index >= 15 is 0 Å². The van der Waals surface area contributed by atoms with Gasteiger partial charge in [-0.15, -0.1) is 0 Å². The van der Waals surface area contributed by atoms with E-state index in [2.05, 4.69) is 0 Å². The van der Waals surface area contributed by atoms with E-state index in [0.29, 0.717) is 38.4 Å². The van der Waals surface area contributed by atoms with Gasteiger partial charge < -0.3 is 9.52 Å². The van der Waals surface area contributed by atoms with E-state index in [1.807, 2.05) is 36.4 Å². The van der Waals surface area contributed by atoms with E-state index in [-0.39, 0.29) is 11.7 Å². The summed E-state index contributed by atoms with van der Waals surface area (Å²) in [7, 11) is 0. The molecule has 3 aromatic carbocycles. The first-order valence-corrected chi connectivity index (χ1v) is 10.9. The fourth-order valence-electron chi connectivity index (χ4n) is 3.71. The maximum Gasteiger partial charge on any atom is 0.263 e. The third-order valence-electron chi connectivity index (χ3n) is 5.28. The topological polar surface area (TPSA) is 53.7 Å². The number of carbonyl (C=O) groups excluding carboxylic acids is 1. The molecule has 2 heterocycles. The molecule has 1 N–H and O–H groups in total. The summed E-state index contributed by atoms with van der Waals surface area (Å²) in [5.41, 5.74) is 3.44. The van der Waals surface area contributed by atoms with Crippen molar-refractivity contribution >= 4 is 46.6 Å². The molecule has 1 amide bonds. The zero-order chi connectivity index (χ0) is 22.9. The Morgan fingerprint density at radius 1 is 0.879 bits per heavy atom. The SMILES string of the molecule is O=C1C(=Cc2ccc(-c3cc(Cl)ccc3Cl)o2)C=C(c2ccccc2)N1c1ccc(O)cc1. The number of furan rings is 1. The molecule has 4 aromatic rings. The van der Waals surface area contributed by atoms with Crippen molar-refractivity contribution in [3.63, 3.8) is 0 Å². The van der Waals surface area contributed by atoms with E-state index < -0.39 is 0 Å². The Hall–Kier alpha value is -3.73. The number of carbonyl (C=O) groups is 1. The molecule has 5 rings (SSSR count). The first kappa shape index (κ1) is 21.1. The Morgan fingerprint density at radius 3 is 2.39 bits per heavy atom. The van der Waals surface area contributed by atoms with Crippen LogP contribution in [0.5, 0.6) is 5.75 Å². The molecule has 6 heteroatoms. The lowest BCUT2D eigenvalue weighted by Gasteiger charge is -2.20. The lowest BCUT2D eigenvalue weighted by molar-refractivity contribution is -0.113. The van der Waals surface area contributed by atoms with Gasteiger partial charge in [0, 0.05) is 21.8 Å². The van der Waals surface area contributed by atoms with Crippen LogP contribution in [0.25, 0.3) is 23.1 Å². The second-order valence-electron chi connectivity index (χ2n) is 7.48. The number of hydrogen-bond donors (Lipinski definition) is 1. The summed E-state index contributed by atoms with van der Waals surface area (Å²) in [5, 5.41) is 10.7. The minimum absolute atomic E-state index is 0.134. The van der Waals surface area contributed by atoms with Gasteiger partial charge in [-0.1, -0.05) is 53.5 Å². The number of anilines is 1. The normalized spacial score (nSPS) is 14.7. The van der Waals surface area contributed by atoms with E-state index in [9.17, 15) is 9.90 Å². The first-order valence-electron chi connectivity index (χ1n) is 10.2. The van der Waals surface area contributed by atoms with Crippen molar-refractivity contribution in [3.05, 3.63) is 118 Å². The van der Waals surface area contributed by atoms with Crippen LogP contribution in [0.1, 0.15) is 11.3 Å². The second kappa shape index (κ2) is 8.66. The summed E-state index contributed by atoms with van der Waals surface area (Å²) in [4.78, 5) is 15.0. The number of phenols is 1. The molecule has 0 bridgehead atoms. The maximum atomic E-state index is 13.4. The third-order valence-corrected chi connectivity index (χ3v) is 5.84. The zero-order valence-electron chi connectivity index (χ0n) is 17.2. The third kappa shape index (κ3) is 4.19. The molecule has 0 fully saturated rings. The average molecular weight is 474 g/mol. The van der Waals surface area contributed by atoms with Crippen molar-refractivity contribution in [3.8, 4) is 17.1 Å². The molecule has 0 saturated heterocycles. The van der Waals surface area contributed by atoms with Crippen LogP contribution in [-0.4, -0.2) is 11.0 Å². The molecule has 162 valence electrons. The van der Waals surface area contributed by atoms with Crippen molar-refractivity contribution < 1.29 is 14.3 Å². The number of hydrogen-bond acceptors (Lipinski definition) is 3. The van der Waals surface area contributed by atoms with E-state index in [0.717, 1.165) is 11.3 Å². The molecule has 1 aliphatic heterocycles. The van der Waals surface area contributed by atoms with Gasteiger partial charge in [0.25, 0.3) is 5.91 Å². The standard InChI is InChI=1S/C27H17Cl2NO3/c28-19-6-12-24(29)23(16-19)26-13-11-22(33-26)14-18-15-25(17-4-2-1-3-5-17)30(27(18)32)20-7-9-21(31)10-8-20/h1-16,31H. The first-order chi connectivity index (χ1) is 16.0. The van der Waals surface area contributed by atoms with Crippen LogP contribution in [0.15, 0.2) is 101 Å². The lowest BCUT2D eigenvalue weighted by Crippen LogP contribution is -2.24. The lowest BCUT2D eigenvalue weighted by atomic mass is 10.1. The second-order valence-corrected chi connectivity index (χ2v) is 8.32. The molecule has 0 aliphatic carbocycles. The van der Waals surface area contributed by atoms with Crippen molar-refractivity contribution in [1.82, 2.24) is 0 Å². The van der Waals surface area contributed by atoms with Gasteiger partial charge in [0.15, 0.2) is 0 Å². The smallest absolute Gasteiger partial charge is 0.263 e. The van der Waals surface area contributed by atoms with Crippen molar-refractivity contribution in [2.75, 3.05) is 4.90 Å². The molecule has 0 radical (unpaired) electrons. The highest BCUT2D eigenvalue weighted by Gasteiger charge is 2.30. The van der Waals surface area contributed by atoms with Gasteiger partial charge >= 0.3 is 0 Å². The molecule has 33 heavy (non-hydrogen) atoms. The van der Waals surface area contributed by atoms with Crippen LogP contribution in [0.3, 0.4) is 0 Å². The summed E-state index contributed by atoms with van der Waals surface area (Å²) < 4.78 is 5.96. The largest absolute Gasteiger partial charge is 0.508 e. The number of benzene rings is 3. The monoisotopic (exact) mass is 473 g/mol. The number of halogens is 2.